The highest BCUT2D eigenvalue weighted by molar-refractivity contribution is 14.0. The molecule has 2 aromatic carbocycles. The summed E-state index contributed by atoms with van der Waals surface area (Å²) < 4.78 is 5.37. The van der Waals surface area contributed by atoms with Gasteiger partial charge in [-0.05, 0) is 67.6 Å². The van der Waals surface area contributed by atoms with Crippen LogP contribution >= 0.6 is 24.0 Å². The van der Waals surface area contributed by atoms with E-state index < -0.39 is 0 Å². The Morgan fingerprint density at radius 2 is 1.93 bits per heavy atom. The molecule has 0 spiro atoms. The number of aliphatic imine (C=N–C) groups is 1. The van der Waals surface area contributed by atoms with Crippen LogP contribution in [0.5, 0.6) is 5.75 Å². The van der Waals surface area contributed by atoms with Crippen molar-refractivity contribution in [2.45, 2.75) is 39.3 Å². The zero-order chi connectivity index (χ0) is 19.9. The van der Waals surface area contributed by atoms with Gasteiger partial charge in [0.2, 0.25) is 0 Å². The van der Waals surface area contributed by atoms with Gasteiger partial charge in [-0.3, -0.25) is 4.99 Å². The van der Waals surface area contributed by atoms with Crippen molar-refractivity contribution >= 4 is 35.6 Å². The average Bonchev–Trinajstić information content (AvgIpc) is 3.25. The van der Waals surface area contributed by atoms with Gasteiger partial charge in [-0.1, -0.05) is 18.2 Å². The van der Waals surface area contributed by atoms with E-state index in [1.807, 2.05) is 6.07 Å². The summed E-state index contributed by atoms with van der Waals surface area (Å²) in [7, 11) is 3.50. The number of benzene rings is 2. The third-order valence-corrected chi connectivity index (χ3v) is 5.22. The minimum Gasteiger partial charge on any atom is -0.497 e. The number of halogens is 1. The van der Waals surface area contributed by atoms with E-state index in [0.29, 0.717) is 6.54 Å². The van der Waals surface area contributed by atoms with Crippen molar-refractivity contribution in [1.29, 1.82) is 0 Å². The number of nitrogens with zero attached hydrogens (tertiary/aromatic N) is 2. The zero-order valence-corrected chi connectivity index (χ0v) is 20.2. The van der Waals surface area contributed by atoms with E-state index in [2.05, 4.69) is 70.8 Å². The summed E-state index contributed by atoms with van der Waals surface area (Å²) in [6.07, 6.45) is 2.58. The van der Waals surface area contributed by atoms with E-state index in [-0.39, 0.29) is 30.0 Å². The Labute approximate surface area is 192 Å². The SMILES string of the molecule is CN=C(NCc1cc(C)cc(OC)c1)NC(C)c1cccc(N2CCCC2)c1.I. The Bertz CT molecular complexity index is 818. The molecule has 0 saturated carbocycles. The number of ether oxygens (including phenoxy) is 1. The second kappa shape index (κ2) is 11.3. The van der Waals surface area contributed by atoms with E-state index in [1.54, 1.807) is 14.2 Å². The summed E-state index contributed by atoms with van der Waals surface area (Å²) >= 11 is 0. The lowest BCUT2D eigenvalue weighted by atomic mass is 10.1. The van der Waals surface area contributed by atoms with Crippen molar-refractivity contribution in [2.75, 3.05) is 32.1 Å². The summed E-state index contributed by atoms with van der Waals surface area (Å²) in [4.78, 5) is 6.85. The molecule has 0 bridgehead atoms. The maximum Gasteiger partial charge on any atom is 0.191 e. The van der Waals surface area contributed by atoms with Gasteiger partial charge in [-0.2, -0.15) is 0 Å². The highest BCUT2D eigenvalue weighted by atomic mass is 127. The van der Waals surface area contributed by atoms with Gasteiger partial charge in [-0.25, -0.2) is 0 Å². The van der Waals surface area contributed by atoms with Gasteiger partial charge in [-0.15, -0.1) is 24.0 Å². The van der Waals surface area contributed by atoms with Crippen LogP contribution in [0.25, 0.3) is 0 Å². The van der Waals surface area contributed by atoms with Crippen LogP contribution in [0.2, 0.25) is 0 Å². The highest BCUT2D eigenvalue weighted by Gasteiger charge is 2.14. The Balaban J connectivity index is 0.00000300. The van der Waals surface area contributed by atoms with E-state index in [1.165, 1.54) is 35.2 Å². The fourth-order valence-electron chi connectivity index (χ4n) is 3.68. The number of hydrogen-bond acceptors (Lipinski definition) is 3. The molecule has 1 unspecified atom stereocenters. The van der Waals surface area contributed by atoms with Gasteiger partial charge >= 0.3 is 0 Å². The summed E-state index contributed by atoms with van der Waals surface area (Å²) in [5.74, 6) is 1.67. The van der Waals surface area contributed by atoms with Crippen molar-refractivity contribution in [3.8, 4) is 5.75 Å². The van der Waals surface area contributed by atoms with Crippen molar-refractivity contribution in [3.63, 3.8) is 0 Å². The summed E-state index contributed by atoms with van der Waals surface area (Å²) in [5, 5.41) is 6.91. The maximum absolute atomic E-state index is 5.37. The van der Waals surface area contributed by atoms with Crippen molar-refractivity contribution in [1.82, 2.24) is 10.6 Å². The first-order valence-corrected chi connectivity index (χ1v) is 10.1. The molecular formula is C23H33IN4O. The second-order valence-corrected chi connectivity index (χ2v) is 7.44. The van der Waals surface area contributed by atoms with Crippen LogP contribution in [0, 0.1) is 6.92 Å². The number of rotatable bonds is 6. The van der Waals surface area contributed by atoms with Gasteiger partial charge in [0.1, 0.15) is 5.75 Å². The van der Waals surface area contributed by atoms with Gasteiger partial charge < -0.3 is 20.3 Å². The number of aryl methyl sites for hydroxylation is 1. The third kappa shape index (κ3) is 6.52. The Morgan fingerprint density at radius 1 is 1.17 bits per heavy atom. The highest BCUT2D eigenvalue weighted by Crippen LogP contribution is 2.24. The molecule has 1 fully saturated rings. The molecule has 5 nitrogen and oxygen atoms in total. The van der Waals surface area contributed by atoms with Crippen LogP contribution in [0.3, 0.4) is 0 Å². The molecule has 2 aromatic rings. The van der Waals surface area contributed by atoms with E-state index >= 15 is 0 Å². The quantitative estimate of drug-likeness (QED) is 0.339. The fourth-order valence-corrected chi connectivity index (χ4v) is 3.68. The van der Waals surface area contributed by atoms with Crippen LogP contribution in [-0.2, 0) is 6.54 Å². The maximum atomic E-state index is 5.37. The molecule has 0 radical (unpaired) electrons. The van der Waals surface area contributed by atoms with Crippen LogP contribution < -0.4 is 20.3 Å². The number of hydrogen-bond donors (Lipinski definition) is 2. The van der Waals surface area contributed by atoms with Gasteiger partial charge in [0.25, 0.3) is 0 Å². The molecule has 1 heterocycles. The first-order chi connectivity index (χ1) is 13.6. The summed E-state index contributed by atoms with van der Waals surface area (Å²) in [6.45, 7) is 7.27. The van der Waals surface area contributed by atoms with Crippen molar-refractivity contribution < 1.29 is 4.74 Å². The molecule has 2 N–H and O–H groups in total. The molecule has 6 heteroatoms. The third-order valence-electron chi connectivity index (χ3n) is 5.22. The standard InChI is InChI=1S/C23H32N4O.HI/c1-17-12-19(14-22(13-17)28-4)16-25-23(24-3)26-18(2)20-8-7-9-21(15-20)27-10-5-6-11-27;/h7-9,12-15,18H,5-6,10-11,16H2,1-4H3,(H2,24,25,26);1H. The first-order valence-electron chi connectivity index (χ1n) is 10.1. The first kappa shape index (κ1) is 23.3. The molecular weight excluding hydrogens is 475 g/mol. The minimum atomic E-state index is 0. The number of guanidine groups is 1. The predicted molar refractivity (Wildman–Crippen MR) is 133 cm³/mol. The molecule has 0 aliphatic carbocycles. The normalized spacial score (nSPS) is 14.9. The lowest BCUT2D eigenvalue weighted by molar-refractivity contribution is 0.414. The van der Waals surface area contributed by atoms with E-state index in [0.717, 1.165) is 24.8 Å². The Hall–Kier alpha value is -1.96. The second-order valence-electron chi connectivity index (χ2n) is 7.44. The van der Waals surface area contributed by atoms with Gasteiger partial charge in [0, 0.05) is 32.4 Å². The molecule has 1 atom stereocenters. The lowest BCUT2D eigenvalue weighted by Crippen LogP contribution is -2.38. The van der Waals surface area contributed by atoms with Crippen LogP contribution in [-0.4, -0.2) is 33.2 Å². The van der Waals surface area contributed by atoms with Gasteiger partial charge in [0.05, 0.1) is 13.2 Å². The topological polar surface area (TPSA) is 48.9 Å². The Kier molecular flexibility index (Phi) is 9.07. The molecule has 3 rings (SSSR count). The zero-order valence-electron chi connectivity index (χ0n) is 17.9. The summed E-state index contributed by atoms with van der Waals surface area (Å²) in [6, 6.07) is 15.2. The monoisotopic (exact) mass is 508 g/mol. The fraction of sp³-hybridized carbons (Fsp3) is 0.435. The lowest BCUT2D eigenvalue weighted by Gasteiger charge is -2.22. The number of nitrogens with one attached hydrogen (secondary N) is 2. The van der Waals surface area contributed by atoms with E-state index in [4.69, 9.17) is 4.74 Å². The smallest absolute Gasteiger partial charge is 0.191 e. The average molecular weight is 508 g/mol. The summed E-state index contributed by atoms with van der Waals surface area (Å²) in [5.41, 5.74) is 4.94. The molecule has 158 valence electrons. The minimum absolute atomic E-state index is 0. The predicted octanol–water partition coefficient (Wildman–Crippen LogP) is 4.65. The molecule has 0 amide bonds. The van der Waals surface area contributed by atoms with Gasteiger partial charge in [0.15, 0.2) is 5.96 Å². The molecule has 1 aliphatic rings. The van der Waals surface area contributed by atoms with Crippen molar-refractivity contribution in [2.24, 2.45) is 4.99 Å². The van der Waals surface area contributed by atoms with Crippen LogP contribution in [0.15, 0.2) is 47.5 Å². The van der Waals surface area contributed by atoms with Crippen molar-refractivity contribution in [3.05, 3.63) is 59.2 Å². The van der Waals surface area contributed by atoms with Crippen LogP contribution in [0.4, 0.5) is 5.69 Å². The Morgan fingerprint density at radius 3 is 2.62 bits per heavy atom. The molecule has 1 saturated heterocycles. The number of methoxy groups -OCH3 is 1. The molecule has 0 aromatic heterocycles. The van der Waals surface area contributed by atoms with E-state index in [9.17, 15) is 0 Å². The largest absolute Gasteiger partial charge is 0.497 e. The number of anilines is 1. The van der Waals surface area contributed by atoms with Crippen LogP contribution in [0.1, 0.15) is 42.5 Å². The molecule has 1 aliphatic heterocycles. The molecule has 29 heavy (non-hydrogen) atoms.